The van der Waals surface area contributed by atoms with Crippen molar-refractivity contribution in [1.82, 2.24) is 5.32 Å². The summed E-state index contributed by atoms with van der Waals surface area (Å²) in [5.74, 6) is -0.150. The molecule has 22 heavy (non-hydrogen) atoms. The number of ether oxygens (including phenoxy) is 2. The Bertz CT molecular complexity index is 339. The molecule has 0 aromatic rings. The SMILES string of the molecule is CCC(=O)NC(COC1CC(O)C(O)C(CO)O1)CC(C)O. The summed E-state index contributed by atoms with van der Waals surface area (Å²) in [5.41, 5.74) is 0. The molecule has 6 unspecified atom stereocenters. The third-order valence-electron chi connectivity index (χ3n) is 3.51. The molecule has 1 amide bonds. The summed E-state index contributed by atoms with van der Waals surface area (Å²) in [6, 6.07) is -0.382. The van der Waals surface area contributed by atoms with Gasteiger partial charge in [0.05, 0.1) is 31.5 Å². The molecule has 0 radical (unpaired) electrons. The quantitative estimate of drug-likeness (QED) is 0.368. The molecule has 0 aromatic heterocycles. The molecule has 1 fully saturated rings. The van der Waals surface area contributed by atoms with Gasteiger partial charge in [0.15, 0.2) is 6.29 Å². The topological polar surface area (TPSA) is 128 Å². The average Bonchev–Trinajstić information content (AvgIpc) is 2.47. The Balaban J connectivity index is 2.50. The molecule has 0 aromatic carbocycles. The maximum atomic E-state index is 11.5. The highest BCUT2D eigenvalue weighted by Gasteiger charge is 2.37. The summed E-state index contributed by atoms with van der Waals surface area (Å²) in [5, 5.41) is 40.6. The molecule has 1 aliphatic heterocycles. The number of rotatable bonds is 8. The molecule has 8 heteroatoms. The van der Waals surface area contributed by atoms with Crippen LogP contribution in [-0.4, -0.2) is 76.3 Å². The van der Waals surface area contributed by atoms with Crippen LogP contribution in [0.1, 0.15) is 33.1 Å². The van der Waals surface area contributed by atoms with E-state index in [9.17, 15) is 20.1 Å². The fourth-order valence-electron chi connectivity index (χ4n) is 2.31. The monoisotopic (exact) mass is 321 g/mol. The second-order valence-corrected chi connectivity index (χ2v) is 5.62. The number of aliphatic hydroxyl groups is 4. The van der Waals surface area contributed by atoms with Crippen molar-refractivity contribution in [2.24, 2.45) is 0 Å². The molecule has 1 saturated heterocycles. The lowest BCUT2D eigenvalue weighted by molar-refractivity contribution is -0.258. The van der Waals surface area contributed by atoms with Gasteiger partial charge < -0.3 is 35.2 Å². The van der Waals surface area contributed by atoms with Gasteiger partial charge in [-0.05, 0) is 13.3 Å². The summed E-state index contributed by atoms with van der Waals surface area (Å²) in [6.07, 6.45) is -3.77. The minimum absolute atomic E-state index is 0.0702. The van der Waals surface area contributed by atoms with E-state index >= 15 is 0 Å². The Morgan fingerprint density at radius 3 is 2.68 bits per heavy atom. The van der Waals surface area contributed by atoms with E-state index in [1.54, 1.807) is 13.8 Å². The third-order valence-corrected chi connectivity index (χ3v) is 3.51. The first-order valence-corrected chi connectivity index (χ1v) is 7.58. The second kappa shape index (κ2) is 9.39. The van der Waals surface area contributed by atoms with Gasteiger partial charge in [0, 0.05) is 12.8 Å². The van der Waals surface area contributed by atoms with Crippen molar-refractivity contribution in [2.75, 3.05) is 13.2 Å². The first kappa shape index (κ1) is 19.3. The van der Waals surface area contributed by atoms with Crippen LogP contribution in [0.4, 0.5) is 0 Å². The zero-order valence-electron chi connectivity index (χ0n) is 13.0. The van der Waals surface area contributed by atoms with Crippen molar-refractivity contribution in [3.05, 3.63) is 0 Å². The zero-order valence-corrected chi connectivity index (χ0v) is 13.0. The zero-order chi connectivity index (χ0) is 16.7. The van der Waals surface area contributed by atoms with Gasteiger partial charge in [-0.3, -0.25) is 4.79 Å². The van der Waals surface area contributed by atoms with E-state index in [4.69, 9.17) is 14.6 Å². The number of amides is 1. The highest BCUT2D eigenvalue weighted by Crippen LogP contribution is 2.21. The molecule has 0 saturated carbocycles. The van der Waals surface area contributed by atoms with Crippen LogP contribution in [0, 0.1) is 0 Å². The van der Waals surface area contributed by atoms with Crippen LogP contribution in [0.2, 0.25) is 0 Å². The Labute approximate surface area is 130 Å². The van der Waals surface area contributed by atoms with Gasteiger partial charge in [0.1, 0.15) is 12.2 Å². The Morgan fingerprint density at radius 2 is 2.14 bits per heavy atom. The van der Waals surface area contributed by atoms with Crippen LogP contribution in [0.15, 0.2) is 0 Å². The fourth-order valence-corrected chi connectivity index (χ4v) is 2.31. The molecular formula is C14H27NO7. The van der Waals surface area contributed by atoms with Crippen LogP contribution < -0.4 is 5.32 Å². The van der Waals surface area contributed by atoms with Crippen molar-refractivity contribution in [2.45, 2.75) is 69.9 Å². The molecule has 6 atom stereocenters. The van der Waals surface area contributed by atoms with Crippen molar-refractivity contribution in [3.8, 4) is 0 Å². The first-order chi connectivity index (χ1) is 10.4. The molecule has 8 nitrogen and oxygen atoms in total. The summed E-state index contributed by atoms with van der Waals surface area (Å²) < 4.78 is 10.9. The number of carbonyl (C=O) groups is 1. The van der Waals surface area contributed by atoms with E-state index in [-0.39, 0.29) is 25.0 Å². The molecule has 1 heterocycles. The smallest absolute Gasteiger partial charge is 0.220 e. The van der Waals surface area contributed by atoms with E-state index in [1.165, 1.54) is 0 Å². The molecule has 1 aliphatic rings. The number of nitrogens with one attached hydrogen (secondary N) is 1. The average molecular weight is 321 g/mol. The highest BCUT2D eigenvalue weighted by atomic mass is 16.7. The van der Waals surface area contributed by atoms with Gasteiger partial charge in [-0.1, -0.05) is 6.92 Å². The minimum atomic E-state index is -1.15. The normalized spacial score (nSPS) is 31.5. The lowest BCUT2D eigenvalue weighted by atomic mass is 10.0. The van der Waals surface area contributed by atoms with Crippen LogP contribution in [-0.2, 0) is 14.3 Å². The fraction of sp³-hybridized carbons (Fsp3) is 0.929. The van der Waals surface area contributed by atoms with Crippen molar-refractivity contribution in [1.29, 1.82) is 0 Å². The number of hydrogen-bond acceptors (Lipinski definition) is 7. The third kappa shape index (κ3) is 6.15. The first-order valence-electron chi connectivity index (χ1n) is 7.58. The van der Waals surface area contributed by atoms with Gasteiger partial charge in [0.2, 0.25) is 5.91 Å². The lowest BCUT2D eigenvalue weighted by Gasteiger charge is -2.36. The summed E-state index contributed by atoms with van der Waals surface area (Å²) >= 11 is 0. The van der Waals surface area contributed by atoms with Gasteiger partial charge >= 0.3 is 0 Å². The number of aliphatic hydroxyl groups excluding tert-OH is 4. The Kier molecular flexibility index (Phi) is 8.23. The van der Waals surface area contributed by atoms with E-state index in [2.05, 4.69) is 5.32 Å². The van der Waals surface area contributed by atoms with Crippen molar-refractivity contribution >= 4 is 5.91 Å². The van der Waals surface area contributed by atoms with Gasteiger partial charge in [0.25, 0.3) is 0 Å². The van der Waals surface area contributed by atoms with E-state index in [1.807, 2.05) is 0 Å². The maximum Gasteiger partial charge on any atom is 0.220 e. The summed E-state index contributed by atoms with van der Waals surface area (Å²) in [7, 11) is 0. The largest absolute Gasteiger partial charge is 0.394 e. The van der Waals surface area contributed by atoms with E-state index in [0.717, 1.165) is 0 Å². The molecular weight excluding hydrogens is 294 g/mol. The van der Waals surface area contributed by atoms with E-state index in [0.29, 0.717) is 12.8 Å². The predicted molar refractivity (Wildman–Crippen MR) is 76.8 cm³/mol. The van der Waals surface area contributed by atoms with Gasteiger partial charge in [-0.25, -0.2) is 0 Å². The maximum absolute atomic E-state index is 11.5. The number of carbonyl (C=O) groups excluding carboxylic acids is 1. The Hall–Kier alpha value is -0.770. The van der Waals surface area contributed by atoms with E-state index < -0.39 is 37.3 Å². The van der Waals surface area contributed by atoms with Gasteiger partial charge in [-0.15, -0.1) is 0 Å². The molecule has 130 valence electrons. The highest BCUT2D eigenvalue weighted by molar-refractivity contribution is 5.75. The molecule has 5 N–H and O–H groups in total. The lowest BCUT2D eigenvalue weighted by Crippen LogP contribution is -2.51. The van der Waals surface area contributed by atoms with Crippen molar-refractivity contribution in [3.63, 3.8) is 0 Å². The minimum Gasteiger partial charge on any atom is -0.394 e. The standard InChI is InChI=1S/C14H27NO7/c1-3-12(19)15-9(4-8(2)17)7-21-13-5-10(18)14(20)11(6-16)22-13/h8-11,13-14,16-18,20H,3-7H2,1-2H3,(H,15,19). The van der Waals surface area contributed by atoms with Crippen LogP contribution in [0.3, 0.4) is 0 Å². The van der Waals surface area contributed by atoms with Crippen LogP contribution >= 0.6 is 0 Å². The molecule has 0 bridgehead atoms. The second-order valence-electron chi connectivity index (χ2n) is 5.62. The summed E-state index contributed by atoms with van der Waals surface area (Å²) in [4.78, 5) is 11.5. The van der Waals surface area contributed by atoms with Crippen LogP contribution in [0.5, 0.6) is 0 Å². The molecule has 0 aliphatic carbocycles. The molecule has 0 spiro atoms. The molecule has 1 rings (SSSR count). The van der Waals surface area contributed by atoms with Gasteiger partial charge in [-0.2, -0.15) is 0 Å². The van der Waals surface area contributed by atoms with Crippen molar-refractivity contribution < 1.29 is 34.7 Å². The number of hydrogen-bond donors (Lipinski definition) is 5. The predicted octanol–water partition coefficient (Wildman–Crippen LogP) is -1.50. The summed E-state index contributed by atoms with van der Waals surface area (Å²) in [6.45, 7) is 3.01. The van der Waals surface area contributed by atoms with Crippen LogP contribution in [0.25, 0.3) is 0 Å². The Morgan fingerprint density at radius 1 is 1.45 bits per heavy atom.